The molecule has 0 aromatic carbocycles. The van der Waals surface area contributed by atoms with Gasteiger partial charge in [0.25, 0.3) is 0 Å². The Bertz CT molecular complexity index is 614. The molecule has 1 aromatic rings. The van der Waals surface area contributed by atoms with Crippen molar-refractivity contribution in [2.45, 2.75) is 45.3 Å². The first-order chi connectivity index (χ1) is 12.7. The quantitative estimate of drug-likeness (QED) is 0.703. The van der Waals surface area contributed by atoms with E-state index in [0.29, 0.717) is 0 Å². The largest absolute Gasteiger partial charge is 0.495 e. The molecule has 0 aliphatic carbocycles. The predicted octanol–water partition coefficient (Wildman–Crippen LogP) is 1.45. The smallest absolute Gasteiger partial charge is 0.399 e. The molecule has 150 valence electrons. The third-order valence-corrected chi connectivity index (χ3v) is 6.07. The lowest BCUT2D eigenvalue weighted by Gasteiger charge is -2.35. The molecule has 0 N–H and O–H groups in total. The third-order valence-electron chi connectivity index (χ3n) is 6.07. The van der Waals surface area contributed by atoms with E-state index in [4.69, 9.17) is 9.31 Å². The maximum absolute atomic E-state index is 6.19. The van der Waals surface area contributed by atoms with Crippen LogP contribution >= 0.6 is 0 Å². The van der Waals surface area contributed by atoms with Gasteiger partial charge in [0, 0.05) is 32.4 Å². The molecule has 0 bridgehead atoms. The highest BCUT2D eigenvalue weighted by Crippen LogP contribution is 2.36. The monoisotopic (exact) mass is 374 g/mol. The third kappa shape index (κ3) is 4.83. The van der Waals surface area contributed by atoms with Gasteiger partial charge in [-0.1, -0.05) is 0 Å². The summed E-state index contributed by atoms with van der Waals surface area (Å²) >= 11 is 0. The zero-order chi connectivity index (χ0) is 19.7. The average molecular weight is 374 g/mol. The Morgan fingerprint density at radius 1 is 1.07 bits per heavy atom. The van der Waals surface area contributed by atoms with Crippen LogP contribution in [-0.2, 0) is 9.31 Å². The fourth-order valence-electron chi connectivity index (χ4n) is 3.54. The van der Waals surface area contributed by atoms with Gasteiger partial charge in [-0.05, 0) is 78.9 Å². The van der Waals surface area contributed by atoms with Crippen molar-refractivity contribution >= 4 is 18.4 Å². The molecule has 0 saturated carbocycles. The number of hydrogen-bond acceptors (Lipinski definition) is 6. The second-order valence-corrected chi connectivity index (χ2v) is 9.02. The minimum absolute atomic E-state index is 0.320. The Morgan fingerprint density at radius 2 is 1.70 bits per heavy atom. The minimum atomic E-state index is -0.330. The van der Waals surface area contributed by atoms with Crippen molar-refractivity contribution in [1.82, 2.24) is 14.8 Å². The Balaban J connectivity index is 1.58. The van der Waals surface area contributed by atoms with Gasteiger partial charge < -0.3 is 19.1 Å². The van der Waals surface area contributed by atoms with Crippen LogP contribution in [0.3, 0.4) is 0 Å². The van der Waals surface area contributed by atoms with E-state index < -0.39 is 0 Å². The summed E-state index contributed by atoms with van der Waals surface area (Å²) in [6.07, 6.45) is 3.10. The first-order valence-corrected chi connectivity index (χ1v) is 10.1. The number of aromatic nitrogens is 1. The van der Waals surface area contributed by atoms with E-state index >= 15 is 0 Å². The first kappa shape index (κ1) is 20.6. The van der Waals surface area contributed by atoms with Gasteiger partial charge in [0.2, 0.25) is 0 Å². The zero-order valence-electron chi connectivity index (χ0n) is 17.9. The Hall–Kier alpha value is -1.15. The summed E-state index contributed by atoms with van der Waals surface area (Å²) in [5.74, 6) is 1.02. The topological polar surface area (TPSA) is 41.1 Å². The predicted molar refractivity (Wildman–Crippen MR) is 112 cm³/mol. The molecule has 0 spiro atoms. The lowest BCUT2D eigenvalue weighted by atomic mass is 9.79. The van der Waals surface area contributed by atoms with Crippen molar-refractivity contribution in [2.24, 2.45) is 0 Å². The zero-order valence-corrected chi connectivity index (χ0v) is 17.9. The molecule has 3 rings (SSSR count). The van der Waals surface area contributed by atoms with Gasteiger partial charge in [-0.25, -0.2) is 4.98 Å². The van der Waals surface area contributed by atoms with Crippen LogP contribution in [0.4, 0.5) is 5.82 Å². The van der Waals surface area contributed by atoms with Gasteiger partial charge in [0.05, 0.1) is 11.2 Å². The number of hydrogen-bond donors (Lipinski definition) is 0. The van der Waals surface area contributed by atoms with Gasteiger partial charge in [0.15, 0.2) is 0 Å². The first-order valence-electron chi connectivity index (χ1n) is 10.1. The van der Waals surface area contributed by atoms with Crippen LogP contribution in [0.1, 0.15) is 34.1 Å². The van der Waals surface area contributed by atoms with Crippen LogP contribution in [-0.4, -0.2) is 86.5 Å². The summed E-state index contributed by atoms with van der Waals surface area (Å²) in [5, 5.41) is 0. The van der Waals surface area contributed by atoms with E-state index in [9.17, 15) is 0 Å². The van der Waals surface area contributed by atoms with E-state index in [1.54, 1.807) is 0 Å². The fraction of sp³-hybridized carbons (Fsp3) is 0.750. The highest BCUT2D eigenvalue weighted by atomic mass is 16.7. The molecule has 2 aliphatic heterocycles. The summed E-state index contributed by atoms with van der Waals surface area (Å²) in [6, 6.07) is 4.13. The number of rotatable bonds is 6. The van der Waals surface area contributed by atoms with Crippen molar-refractivity contribution < 1.29 is 9.31 Å². The number of pyridine rings is 1. The van der Waals surface area contributed by atoms with Crippen molar-refractivity contribution in [3.05, 3.63) is 18.3 Å². The van der Waals surface area contributed by atoms with Crippen molar-refractivity contribution in [3.8, 4) is 0 Å². The van der Waals surface area contributed by atoms with Crippen LogP contribution in [0.15, 0.2) is 18.3 Å². The standard InChI is InChI=1S/C20H35BN4O2/c1-19(2)20(3,4)27-21(26-19)17-8-9-22-18(16-17)25-14-12-24(13-15-25)11-7-10-23(5)6/h8-9,16H,7,10-15H2,1-6H3. The highest BCUT2D eigenvalue weighted by Gasteiger charge is 2.51. The molecule has 0 amide bonds. The molecular weight excluding hydrogens is 339 g/mol. The summed E-state index contributed by atoms with van der Waals surface area (Å²) in [7, 11) is 3.94. The maximum atomic E-state index is 6.19. The lowest BCUT2D eigenvalue weighted by molar-refractivity contribution is 0.00578. The molecule has 0 radical (unpaired) electrons. The maximum Gasteiger partial charge on any atom is 0.495 e. The normalized spacial score (nSPS) is 22.6. The van der Waals surface area contributed by atoms with Crippen LogP contribution in [0.25, 0.3) is 0 Å². The second-order valence-electron chi connectivity index (χ2n) is 9.02. The molecule has 1 aromatic heterocycles. The van der Waals surface area contributed by atoms with Gasteiger partial charge >= 0.3 is 7.12 Å². The van der Waals surface area contributed by atoms with E-state index in [1.807, 2.05) is 12.3 Å². The lowest BCUT2D eigenvalue weighted by Crippen LogP contribution is -2.47. The molecule has 7 heteroatoms. The fourth-order valence-corrected chi connectivity index (χ4v) is 3.54. The highest BCUT2D eigenvalue weighted by molar-refractivity contribution is 6.62. The van der Waals surface area contributed by atoms with Gasteiger partial charge in [0.1, 0.15) is 5.82 Å². The van der Waals surface area contributed by atoms with Gasteiger partial charge in [-0.3, -0.25) is 4.90 Å². The Labute approximate surface area is 165 Å². The summed E-state index contributed by atoms with van der Waals surface area (Å²) in [6.45, 7) is 14.9. The van der Waals surface area contributed by atoms with Gasteiger partial charge in [-0.15, -0.1) is 0 Å². The van der Waals surface area contributed by atoms with Crippen molar-refractivity contribution in [3.63, 3.8) is 0 Å². The van der Waals surface area contributed by atoms with Crippen LogP contribution in [0.2, 0.25) is 0 Å². The summed E-state index contributed by atoms with van der Waals surface area (Å²) < 4.78 is 12.4. The van der Waals surface area contributed by atoms with E-state index in [0.717, 1.165) is 44.0 Å². The Kier molecular flexibility index (Phi) is 6.16. The molecule has 6 nitrogen and oxygen atoms in total. The van der Waals surface area contributed by atoms with E-state index in [-0.39, 0.29) is 18.3 Å². The molecule has 2 saturated heterocycles. The molecule has 3 heterocycles. The Morgan fingerprint density at radius 3 is 2.30 bits per heavy atom. The minimum Gasteiger partial charge on any atom is -0.399 e. The van der Waals surface area contributed by atoms with Gasteiger partial charge in [-0.2, -0.15) is 0 Å². The molecular formula is C20H35BN4O2. The number of anilines is 1. The molecule has 0 unspecified atom stereocenters. The molecule has 2 aliphatic rings. The van der Waals surface area contributed by atoms with Crippen molar-refractivity contribution in [1.29, 1.82) is 0 Å². The van der Waals surface area contributed by atoms with E-state index in [1.165, 1.54) is 13.0 Å². The SMILES string of the molecule is CN(C)CCCN1CCN(c2cc(B3OC(C)(C)C(C)(C)O3)ccn2)CC1. The molecule has 27 heavy (non-hydrogen) atoms. The number of nitrogens with zero attached hydrogens (tertiary/aromatic N) is 4. The van der Waals surface area contributed by atoms with Crippen LogP contribution in [0.5, 0.6) is 0 Å². The van der Waals surface area contributed by atoms with Crippen LogP contribution < -0.4 is 10.4 Å². The average Bonchev–Trinajstić information content (AvgIpc) is 2.83. The summed E-state index contributed by atoms with van der Waals surface area (Å²) in [4.78, 5) is 11.8. The molecule has 2 fully saturated rings. The number of piperazine rings is 1. The summed E-state index contributed by atoms with van der Waals surface area (Å²) in [5.41, 5.74) is 0.408. The van der Waals surface area contributed by atoms with Crippen LogP contribution in [0, 0.1) is 0 Å². The van der Waals surface area contributed by atoms with E-state index in [2.05, 4.69) is 67.5 Å². The molecule has 0 atom stereocenters. The second kappa shape index (κ2) is 8.07. The van der Waals surface area contributed by atoms with Crippen molar-refractivity contribution in [2.75, 3.05) is 58.3 Å².